The first-order valence-corrected chi connectivity index (χ1v) is 8.78. The predicted octanol–water partition coefficient (Wildman–Crippen LogP) is 3.31. The highest BCUT2D eigenvalue weighted by molar-refractivity contribution is 9.09. The van der Waals surface area contributed by atoms with E-state index in [1.807, 2.05) is 24.3 Å². The molecule has 1 aromatic rings. The van der Waals surface area contributed by atoms with E-state index < -0.39 is 0 Å². The van der Waals surface area contributed by atoms with E-state index in [4.69, 9.17) is 4.74 Å². The summed E-state index contributed by atoms with van der Waals surface area (Å²) in [6.07, 6.45) is 5.79. The maximum absolute atomic E-state index is 12.4. The molecular weight excluding hydrogens is 330 g/mol. The van der Waals surface area contributed by atoms with Crippen LogP contribution in [0.4, 0.5) is 0 Å². The fourth-order valence-electron chi connectivity index (χ4n) is 3.26. The number of amides is 1. The quantitative estimate of drug-likeness (QED) is 0.848. The van der Waals surface area contributed by atoms with E-state index in [0.29, 0.717) is 17.4 Å². The Labute approximate surface area is 134 Å². The van der Waals surface area contributed by atoms with Crippen LogP contribution in [0.3, 0.4) is 0 Å². The van der Waals surface area contributed by atoms with Crippen LogP contribution in [0.1, 0.15) is 31.2 Å². The lowest BCUT2D eigenvalue weighted by Gasteiger charge is -2.29. The van der Waals surface area contributed by atoms with E-state index in [1.54, 1.807) is 0 Å². The Morgan fingerprint density at radius 3 is 2.95 bits per heavy atom. The lowest BCUT2D eigenvalue weighted by atomic mass is 9.89. The number of alkyl halides is 1. The van der Waals surface area contributed by atoms with Crippen LogP contribution in [-0.2, 0) is 11.2 Å². The molecule has 1 N–H and O–H groups in total. The number of para-hydroxylation sites is 1. The molecule has 0 spiro atoms. The summed E-state index contributed by atoms with van der Waals surface area (Å²) in [5.41, 5.74) is 1.14. The predicted molar refractivity (Wildman–Crippen MR) is 86.8 cm³/mol. The van der Waals surface area contributed by atoms with Crippen molar-refractivity contribution >= 4 is 21.8 Å². The highest BCUT2D eigenvalue weighted by Gasteiger charge is 2.28. The normalized spacial score (nSPS) is 28.3. The zero-order valence-corrected chi connectivity index (χ0v) is 13.8. The monoisotopic (exact) mass is 351 g/mol. The average molecular weight is 352 g/mol. The van der Waals surface area contributed by atoms with Gasteiger partial charge in [0.15, 0.2) is 0 Å². The Balaban J connectivity index is 1.52. The highest BCUT2D eigenvalue weighted by Crippen LogP contribution is 2.30. The van der Waals surface area contributed by atoms with Crippen LogP contribution in [0, 0.1) is 11.8 Å². The van der Waals surface area contributed by atoms with Crippen molar-refractivity contribution < 1.29 is 9.53 Å². The van der Waals surface area contributed by atoms with Gasteiger partial charge in [0.1, 0.15) is 12.4 Å². The molecule has 0 radical (unpaired) electrons. The third kappa shape index (κ3) is 3.60. The summed E-state index contributed by atoms with van der Waals surface area (Å²) in [6.45, 7) is 1.28. The van der Waals surface area contributed by atoms with Crippen molar-refractivity contribution in [3.05, 3.63) is 29.8 Å². The second-order valence-corrected chi connectivity index (χ2v) is 7.30. The molecule has 1 aliphatic carbocycles. The number of rotatable bonds is 3. The van der Waals surface area contributed by atoms with Gasteiger partial charge in [0, 0.05) is 11.4 Å². The summed E-state index contributed by atoms with van der Waals surface area (Å²) in [6, 6.07) is 7.99. The van der Waals surface area contributed by atoms with Crippen molar-refractivity contribution in [2.75, 3.05) is 13.2 Å². The number of hydrogen-bond donors (Lipinski definition) is 1. The number of ether oxygens (including phenoxy) is 1. The van der Waals surface area contributed by atoms with Gasteiger partial charge in [-0.25, -0.2) is 0 Å². The second-order valence-electron chi connectivity index (χ2n) is 6.13. The Bertz CT molecular complexity index is 505. The molecule has 0 aromatic heterocycles. The Kier molecular flexibility index (Phi) is 4.84. The summed E-state index contributed by atoms with van der Waals surface area (Å²) in [7, 11) is 0. The smallest absolute Gasteiger partial charge is 0.226 e. The van der Waals surface area contributed by atoms with Crippen molar-refractivity contribution in [1.82, 2.24) is 5.32 Å². The molecule has 3 nitrogen and oxygen atoms in total. The second kappa shape index (κ2) is 6.82. The van der Waals surface area contributed by atoms with E-state index in [-0.39, 0.29) is 11.8 Å². The lowest BCUT2D eigenvalue weighted by Crippen LogP contribution is -2.41. The van der Waals surface area contributed by atoms with E-state index in [1.165, 1.54) is 25.7 Å². The minimum Gasteiger partial charge on any atom is -0.492 e. The molecule has 1 fully saturated rings. The van der Waals surface area contributed by atoms with Crippen LogP contribution in [0.5, 0.6) is 5.75 Å². The van der Waals surface area contributed by atoms with Crippen LogP contribution in [0.2, 0.25) is 0 Å². The van der Waals surface area contributed by atoms with E-state index >= 15 is 0 Å². The molecule has 3 atom stereocenters. The van der Waals surface area contributed by atoms with Gasteiger partial charge in [-0.1, -0.05) is 47.0 Å². The maximum atomic E-state index is 12.4. The van der Waals surface area contributed by atoms with Crippen molar-refractivity contribution in [3.63, 3.8) is 0 Å². The Hall–Kier alpha value is -1.03. The summed E-state index contributed by atoms with van der Waals surface area (Å²) >= 11 is 3.75. The fourth-order valence-corrected chi connectivity index (χ4v) is 4.04. The molecule has 3 unspecified atom stereocenters. The van der Waals surface area contributed by atoms with Gasteiger partial charge in [0.25, 0.3) is 0 Å². The van der Waals surface area contributed by atoms with E-state index in [0.717, 1.165) is 24.3 Å². The summed E-state index contributed by atoms with van der Waals surface area (Å²) in [5, 5.41) is 3.13. The van der Waals surface area contributed by atoms with Gasteiger partial charge in [-0.3, -0.25) is 4.79 Å². The number of fused-ring (bicyclic) bond motifs is 1. The van der Waals surface area contributed by atoms with Gasteiger partial charge in [-0.05, 0) is 36.8 Å². The third-order valence-electron chi connectivity index (χ3n) is 4.60. The molecule has 114 valence electrons. The number of nitrogens with one attached hydrogen (secondary N) is 1. The summed E-state index contributed by atoms with van der Waals surface area (Å²) in [5.74, 6) is 1.57. The number of carbonyl (C=O) groups excluding carboxylic acids is 1. The van der Waals surface area contributed by atoms with Crippen LogP contribution in [0.15, 0.2) is 24.3 Å². The first-order valence-electron chi connectivity index (χ1n) is 7.86. The van der Waals surface area contributed by atoms with Gasteiger partial charge < -0.3 is 10.1 Å². The first-order chi connectivity index (χ1) is 10.2. The third-order valence-corrected chi connectivity index (χ3v) is 5.81. The van der Waals surface area contributed by atoms with Gasteiger partial charge in [-0.15, -0.1) is 0 Å². The fraction of sp³-hybridized carbons (Fsp3) is 0.588. The van der Waals surface area contributed by atoms with Gasteiger partial charge in [0.2, 0.25) is 5.91 Å². The van der Waals surface area contributed by atoms with E-state index in [2.05, 4.69) is 21.2 Å². The maximum Gasteiger partial charge on any atom is 0.226 e. The average Bonchev–Trinajstić information content (AvgIpc) is 2.53. The molecule has 1 aliphatic heterocycles. The van der Waals surface area contributed by atoms with Gasteiger partial charge in [-0.2, -0.15) is 0 Å². The molecule has 1 saturated carbocycles. The number of hydrogen-bond acceptors (Lipinski definition) is 2. The zero-order chi connectivity index (χ0) is 14.7. The number of halogens is 1. The summed E-state index contributed by atoms with van der Waals surface area (Å²) in [4.78, 5) is 12.9. The van der Waals surface area contributed by atoms with Crippen molar-refractivity contribution in [1.29, 1.82) is 0 Å². The van der Waals surface area contributed by atoms with Gasteiger partial charge >= 0.3 is 0 Å². The Morgan fingerprint density at radius 2 is 2.10 bits per heavy atom. The topological polar surface area (TPSA) is 38.3 Å². The molecular formula is C17H22BrNO2. The highest BCUT2D eigenvalue weighted by atomic mass is 79.9. The van der Waals surface area contributed by atoms with Crippen LogP contribution < -0.4 is 10.1 Å². The molecule has 3 rings (SSSR count). The number of carbonyl (C=O) groups is 1. The Morgan fingerprint density at radius 1 is 1.29 bits per heavy atom. The van der Waals surface area contributed by atoms with Crippen LogP contribution in [0.25, 0.3) is 0 Å². The molecule has 2 aliphatic rings. The van der Waals surface area contributed by atoms with Gasteiger partial charge in [0.05, 0.1) is 5.92 Å². The van der Waals surface area contributed by atoms with Crippen LogP contribution >= 0.6 is 15.9 Å². The van der Waals surface area contributed by atoms with Crippen molar-refractivity contribution in [2.45, 2.75) is 36.9 Å². The van der Waals surface area contributed by atoms with Crippen molar-refractivity contribution in [3.8, 4) is 5.75 Å². The molecule has 1 heterocycles. The van der Waals surface area contributed by atoms with Crippen molar-refractivity contribution in [2.24, 2.45) is 11.8 Å². The minimum absolute atomic E-state index is 0.0581. The standard InChI is InChI=1S/C17H22BrNO2/c18-15-7-3-1-6-13(15)10-19-17(20)14-9-12-5-2-4-8-16(12)21-11-14/h2,4-5,8,13-15H,1,3,6-7,9-11H2,(H,19,20). The molecule has 0 saturated heterocycles. The van der Waals surface area contributed by atoms with Crippen LogP contribution in [-0.4, -0.2) is 23.9 Å². The first kappa shape index (κ1) is 14.9. The zero-order valence-electron chi connectivity index (χ0n) is 12.2. The number of benzene rings is 1. The lowest BCUT2D eigenvalue weighted by molar-refractivity contribution is -0.126. The summed E-state index contributed by atoms with van der Waals surface area (Å²) < 4.78 is 5.70. The molecule has 1 amide bonds. The minimum atomic E-state index is -0.0581. The molecule has 0 bridgehead atoms. The SMILES string of the molecule is O=C(NCC1CCCCC1Br)C1COc2ccccc2C1. The largest absolute Gasteiger partial charge is 0.492 e. The molecule has 1 aromatic carbocycles. The molecule has 4 heteroatoms. The van der Waals surface area contributed by atoms with E-state index in [9.17, 15) is 4.79 Å². The molecule has 21 heavy (non-hydrogen) atoms.